The molecule has 0 aromatic carbocycles. The van der Waals surface area contributed by atoms with Gasteiger partial charge in [0.15, 0.2) is 0 Å². The highest BCUT2D eigenvalue weighted by Crippen LogP contribution is 2.44. The molecule has 0 saturated carbocycles. The first-order valence-electron chi connectivity index (χ1n) is 8.18. The molecule has 2 atom stereocenters. The van der Waals surface area contributed by atoms with Crippen LogP contribution >= 0.6 is 0 Å². The van der Waals surface area contributed by atoms with Gasteiger partial charge >= 0.3 is 5.97 Å². The molecule has 0 fully saturated rings. The van der Waals surface area contributed by atoms with Crippen LogP contribution in [0.2, 0.25) is 0 Å². The summed E-state index contributed by atoms with van der Waals surface area (Å²) in [6.45, 7) is 2.27. The van der Waals surface area contributed by atoms with Gasteiger partial charge in [-0.05, 0) is 38.0 Å². The van der Waals surface area contributed by atoms with Crippen molar-refractivity contribution in [3.05, 3.63) is 12.2 Å². The summed E-state index contributed by atoms with van der Waals surface area (Å²) in [4.78, 5) is 11.9. The maximum atomic E-state index is 11.9. The third-order valence-corrected chi connectivity index (χ3v) is 4.66. The maximum absolute atomic E-state index is 11.9. The highest BCUT2D eigenvalue weighted by Gasteiger charge is 2.44. The van der Waals surface area contributed by atoms with Gasteiger partial charge in [-0.3, -0.25) is 4.79 Å². The van der Waals surface area contributed by atoms with Gasteiger partial charge < -0.3 is 10.2 Å². The molecule has 0 radical (unpaired) electrons. The zero-order valence-electron chi connectivity index (χ0n) is 12.8. The minimum absolute atomic E-state index is 0.0846. The van der Waals surface area contributed by atoms with E-state index in [0.29, 0.717) is 12.8 Å². The van der Waals surface area contributed by atoms with Gasteiger partial charge in [0.05, 0.1) is 5.41 Å². The number of aliphatic hydroxyl groups is 1. The van der Waals surface area contributed by atoms with Crippen molar-refractivity contribution in [2.45, 2.75) is 71.1 Å². The summed E-state index contributed by atoms with van der Waals surface area (Å²) in [6, 6.07) is 0. The number of hydrogen-bond donors (Lipinski definition) is 2. The molecule has 0 bridgehead atoms. The van der Waals surface area contributed by atoms with Crippen LogP contribution in [0, 0.1) is 11.3 Å². The summed E-state index contributed by atoms with van der Waals surface area (Å²) >= 11 is 0. The molecule has 0 aromatic rings. The Labute approximate surface area is 123 Å². The van der Waals surface area contributed by atoms with E-state index in [1.807, 2.05) is 0 Å². The number of allylic oxidation sites excluding steroid dienone is 2. The van der Waals surface area contributed by atoms with Crippen molar-refractivity contribution >= 4 is 5.97 Å². The van der Waals surface area contributed by atoms with Crippen LogP contribution in [-0.2, 0) is 4.79 Å². The van der Waals surface area contributed by atoms with Gasteiger partial charge in [0, 0.05) is 6.61 Å². The lowest BCUT2D eigenvalue weighted by Crippen LogP contribution is -2.37. The highest BCUT2D eigenvalue weighted by molar-refractivity contribution is 5.75. The predicted octanol–water partition coefficient (Wildman–Crippen LogP) is 4.16. The van der Waals surface area contributed by atoms with E-state index in [4.69, 9.17) is 5.11 Å². The monoisotopic (exact) mass is 282 g/mol. The molecule has 3 heteroatoms. The van der Waals surface area contributed by atoms with Gasteiger partial charge in [-0.2, -0.15) is 0 Å². The Morgan fingerprint density at radius 2 is 1.90 bits per heavy atom. The fourth-order valence-corrected chi connectivity index (χ4v) is 3.40. The largest absolute Gasteiger partial charge is 0.481 e. The van der Waals surface area contributed by atoms with Crippen LogP contribution < -0.4 is 0 Å². The number of rotatable bonds is 11. The molecule has 2 unspecified atom stereocenters. The van der Waals surface area contributed by atoms with Crippen molar-refractivity contribution in [1.82, 2.24) is 0 Å². The molecule has 1 rings (SSSR count). The van der Waals surface area contributed by atoms with Gasteiger partial charge in [-0.25, -0.2) is 0 Å². The molecule has 20 heavy (non-hydrogen) atoms. The molecule has 0 spiro atoms. The Kier molecular flexibility index (Phi) is 7.90. The number of aliphatic hydroxyl groups excluding tert-OH is 1. The summed E-state index contributed by atoms with van der Waals surface area (Å²) < 4.78 is 0. The quantitative estimate of drug-likeness (QED) is 0.442. The van der Waals surface area contributed by atoms with Gasteiger partial charge in [-0.15, -0.1) is 0 Å². The van der Waals surface area contributed by atoms with Gasteiger partial charge in [-0.1, -0.05) is 51.2 Å². The maximum Gasteiger partial charge on any atom is 0.310 e. The Bertz CT molecular complexity index is 311. The summed E-state index contributed by atoms with van der Waals surface area (Å²) in [6.07, 6.45) is 13.8. The topological polar surface area (TPSA) is 57.5 Å². The van der Waals surface area contributed by atoms with Gasteiger partial charge in [0.25, 0.3) is 0 Å². The van der Waals surface area contributed by atoms with E-state index < -0.39 is 11.4 Å². The molecule has 0 heterocycles. The average molecular weight is 282 g/mol. The van der Waals surface area contributed by atoms with Gasteiger partial charge in [0.2, 0.25) is 0 Å². The Hall–Kier alpha value is -0.830. The number of carboxylic acid groups (broad SMARTS) is 1. The number of unbranched alkanes of at least 4 members (excludes halogenated alkanes) is 4. The molecule has 1 aliphatic rings. The SMILES string of the molecule is CCCCCCCC(CCCO)(C(=O)O)C1C=CCC1. The molecule has 0 saturated heterocycles. The van der Waals surface area contributed by atoms with Crippen LogP contribution in [0.25, 0.3) is 0 Å². The number of carbonyl (C=O) groups is 1. The van der Waals surface area contributed by atoms with E-state index >= 15 is 0 Å². The normalized spacial score (nSPS) is 21.0. The van der Waals surface area contributed by atoms with Crippen molar-refractivity contribution in [1.29, 1.82) is 0 Å². The van der Waals surface area contributed by atoms with Gasteiger partial charge in [0.1, 0.15) is 0 Å². The highest BCUT2D eigenvalue weighted by atomic mass is 16.4. The molecule has 1 aliphatic carbocycles. The standard InChI is InChI=1S/C17H30O3/c1-2-3-4-5-8-12-17(16(19)20,13-9-14-18)15-10-6-7-11-15/h6,10,15,18H,2-5,7-9,11-14H2,1H3,(H,19,20). The third kappa shape index (κ3) is 4.62. The summed E-state index contributed by atoms with van der Waals surface area (Å²) in [5.74, 6) is -0.518. The Morgan fingerprint density at radius 3 is 2.45 bits per heavy atom. The fraction of sp³-hybridized carbons (Fsp3) is 0.824. The van der Waals surface area contributed by atoms with Crippen molar-refractivity contribution in [2.75, 3.05) is 6.61 Å². The molecule has 116 valence electrons. The number of aliphatic carboxylic acids is 1. The smallest absolute Gasteiger partial charge is 0.310 e. The molecule has 0 aliphatic heterocycles. The Morgan fingerprint density at radius 1 is 1.20 bits per heavy atom. The fourth-order valence-electron chi connectivity index (χ4n) is 3.40. The summed E-state index contributed by atoms with van der Waals surface area (Å²) in [7, 11) is 0. The van der Waals surface area contributed by atoms with Crippen molar-refractivity contribution < 1.29 is 15.0 Å². The first-order valence-corrected chi connectivity index (χ1v) is 8.18. The van der Waals surface area contributed by atoms with Crippen LogP contribution in [0.1, 0.15) is 71.1 Å². The first kappa shape index (κ1) is 17.2. The average Bonchev–Trinajstić information content (AvgIpc) is 2.96. The second-order valence-electron chi connectivity index (χ2n) is 6.06. The zero-order valence-corrected chi connectivity index (χ0v) is 12.8. The summed E-state index contributed by atoms with van der Waals surface area (Å²) in [5.41, 5.74) is -0.651. The predicted molar refractivity (Wildman–Crippen MR) is 81.6 cm³/mol. The van der Waals surface area contributed by atoms with Crippen LogP contribution in [0.3, 0.4) is 0 Å². The molecular formula is C17H30O3. The van der Waals surface area contributed by atoms with E-state index in [1.165, 1.54) is 19.3 Å². The minimum atomic E-state index is -0.669. The van der Waals surface area contributed by atoms with Crippen molar-refractivity contribution in [3.8, 4) is 0 Å². The molecule has 2 N–H and O–H groups in total. The second-order valence-corrected chi connectivity index (χ2v) is 6.06. The molecule has 0 amide bonds. The lowest BCUT2D eigenvalue weighted by molar-refractivity contribution is -0.153. The summed E-state index contributed by atoms with van der Waals surface area (Å²) in [5, 5.41) is 18.9. The van der Waals surface area contributed by atoms with E-state index in [2.05, 4.69) is 19.1 Å². The van der Waals surface area contributed by atoms with Crippen LogP contribution in [0.4, 0.5) is 0 Å². The van der Waals surface area contributed by atoms with Crippen LogP contribution in [0.5, 0.6) is 0 Å². The lowest BCUT2D eigenvalue weighted by Gasteiger charge is -2.34. The third-order valence-electron chi connectivity index (χ3n) is 4.66. The zero-order chi connectivity index (χ0) is 14.8. The van der Waals surface area contributed by atoms with Crippen molar-refractivity contribution in [2.24, 2.45) is 11.3 Å². The minimum Gasteiger partial charge on any atom is -0.481 e. The Balaban J connectivity index is 2.64. The van der Waals surface area contributed by atoms with E-state index in [9.17, 15) is 9.90 Å². The molecular weight excluding hydrogens is 252 g/mol. The van der Waals surface area contributed by atoms with Crippen LogP contribution in [0.15, 0.2) is 12.2 Å². The molecule has 3 nitrogen and oxygen atoms in total. The second kappa shape index (κ2) is 9.17. The van der Waals surface area contributed by atoms with E-state index in [0.717, 1.165) is 32.1 Å². The van der Waals surface area contributed by atoms with Crippen molar-refractivity contribution in [3.63, 3.8) is 0 Å². The van der Waals surface area contributed by atoms with E-state index in [1.54, 1.807) is 0 Å². The van der Waals surface area contributed by atoms with Crippen LogP contribution in [-0.4, -0.2) is 22.8 Å². The lowest BCUT2D eigenvalue weighted by atomic mass is 9.68. The number of carboxylic acids is 1. The first-order chi connectivity index (χ1) is 9.67. The number of hydrogen-bond acceptors (Lipinski definition) is 2. The van der Waals surface area contributed by atoms with E-state index in [-0.39, 0.29) is 12.5 Å². The molecule has 0 aromatic heterocycles.